The number of aliphatic hydroxyl groups is 1. The lowest BCUT2D eigenvalue weighted by Gasteiger charge is -2.26. The van der Waals surface area contributed by atoms with Gasteiger partial charge in [-0.1, -0.05) is 54.6 Å². The number of hydrogen-bond donors (Lipinski definition) is 1. The van der Waals surface area contributed by atoms with E-state index in [0.29, 0.717) is 28.3 Å². The molecule has 0 aliphatic carbocycles. The number of aliphatic hydroxyl groups excluding tert-OH is 1. The van der Waals surface area contributed by atoms with E-state index in [0.717, 1.165) is 0 Å². The Balaban J connectivity index is 1.96. The first-order valence-corrected chi connectivity index (χ1v) is 9.70. The largest absolute Gasteiger partial charge is 0.507 e. The van der Waals surface area contributed by atoms with Gasteiger partial charge in [-0.3, -0.25) is 14.5 Å². The topological polar surface area (TPSA) is 76.1 Å². The molecule has 0 saturated carbocycles. The molecule has 6 nitrogen and oxygen atoms in total. The second-order valence-corrected chi connectivity index (χ2v) is 6.99. The highest BCUT2D eigenvalue weighted by Crippen LogP contribution is 2.43. The molecule has 156 valence electrons. The summed E-state index contributed by atoms with van der Waals surface area (Å²) in [5, 5.41) is 11.1. The lowest BCUT2D eigenvalue weighted by atomic mass is 9.94. The molecule has 0 radical (unpaired) electrons. The van der Waals surface area contributed by atoms with E-state index in [2.05, 4.69) is 0 Å². The molecule has 1 aliphatic rings. The number of rotatable bonds is 5. The van der Waals surface area contributed by atoms with Gasteiger partial charge in [-0.05, 0) is 29.8 Å². The highest BCUT2D eigenvalue weighted by Gasteiger charge is 2.47. The first-order chi connectivity index (χ1) is 15.1. The molecule has 1 saturated heterocycles. The van der Waals surface area contributed by atoms with Gasteiger partial charge >= 0.3 is 0 Å². The minimum absolute atomic E-state index is 0.0206. The number of ketones is 1. The molecule has 31 heavy (non-hydrogen) atoms. The number of amides is 1. The molecular weight excluding hydrogens is 394 g/mol. The van der Waals surface area contributed by atoms with Crippen LogP contribution in [-0.4, -0.2) is 31.0 Å². The van der Waals surface area contributed by atoms with E-state index in [1.807, 2.05) is 12.1 Å². The zero-order valence-electron chi connectivity index (χ0n) is 17.1. The van der Waals surface area contributed by atoms with Crippen LogP contribution in [0.25, 0.3) is 5.76 Å². The third kappa shape index (κ3) is 3.53. The van der Waals surface area contributed by atoms with Crippen molar-refractivity contribution in [2.75, 3.05) is 19.1 Å². The Morgan fingerprint density at radius 3 is 2.06 bits per heavy atom. The van der Waals surface area contributed by atoms with Crippen LogP contribution in [-0.2, 0) is 9.59 Å². The SMILES string of the molecule is COc1ccc([C@H]2/C(=C(\O)c3ccccc3)C(=O)C(=O)N2c2ccccc2)cc1OC. The van der Waals surface area contributed by atoms with Crippen LogP contribution in [0.15, 0.2) is 84.4 Å². The van der Waals surface area contributed by atoms with Crippen LogP contribution in [0.1, 0.15) is 17.2 Å². The minimum atomic E-state index is -0.831. The van der Waals surface area contributed by atoms with Crippen molar-refractivity contribution in [3.63, 3.8) is 0 Å². The summed E-state index contributed by atoms with van der Waals surface area (Å²) in [6.45, 7) is 0. The summed E-state index contributed by atoms with van der Waals surface area (Å²) in [6.07, 6.45) is 0. The number of carbonyl (C=O) groups is 2. The van der Waals surface area contributed by atoms with Gasteiger partial charge in [0.05, 0.1) is 25.8 Å². The maximum atomic E-state index is 13.1. The van der Waals surface area contributed by atoms with Crippen LogP contribution in [0, 0.1) is 0 Å². The molecule has 0 aromatic heterocycles. The standard InChI is InChI=1S/C25H21NO5/c1-30-19-14-13-17(15-20(19)31-2)22-21(23(27)16-9-5-3-6-10-16)24(28)25(29)26(22)18-11-7-4-8-12-18/h3-15,22,27H,1-2H3/b23-21+/t22-/m0/s1. The van der Waals surface area contributed by atoms with Gasteiger partial charge in [-0.15, -0.1) is 0 Å². The van der Waals surface area contributed by atoms with E-state index in [9.17, 15) is 14.7 Å². The second-order valence-electron chi connectivity index (χ2n) is 6.99. The number of carbonyl (C=O) groups excluding carboxylic acids is 2. The number of anilines is 1. The van der Waals surface area contributed by atoms with Crippen molar-refractivity contribution in [3.8, 4) is 11.5 Å². The summed E-state index contributed by atoms with van der Waals surface area (Å²) in [6, 6.07) is 22.0. The molecule has 0 bridgehead atoms. The number of methoxy groups -OCH3 is 2. The Morgan fingerprint density at radius 1 is 0.839 bits per heavy atom. The summed E-state index contributed by atoms with van der Waals surface area (Å²) in [7, 11) is 3.04. The normalized spacial score (nSPS) is 17.6. The van der Waals surface area contributed by atoms with Crippen molar-refractivity contribution in [1.29, 1.82) is 0 Å². The molecule has 1 fully saturated rings. The summed E-state index contributed by atoms with van der Waals surface area (Å²) in [5.41, 5.74) is 1.64. The quantitative estimate of drug-likeness (QED) is 0.381. The average molecular weight is 415 g/mol. The van der Waals surface area contributed by atoms with E-state index in [-0.39, 0.29) is 11.3 Å². The van der Waals surface area contributed by atoms with E-state index < -0.39 is 17.7 Å². The Bertz CT molecular complexity index is 1160. The van der Waals surface area contributed by atoms with Crippen LogP contribution in [0.3, 0.4) is 0 Å². The van der Waals surface area contributed by atoms with Gasteiger partial charge in [0.1, 0.15) is 5.76 Å². The van der Waals surface area contributed by atoms with Gasteiger partial charge in [0.15, 0.2) is 11.5 Å². The third-order valence-electron chi connectivity index (χ3n) is 5.25. The molecule has 0 unspecified atom stereocenters. The first-order valence-electron chi connectivity index (χ1n) is 9.70. The molecule has 3 aromatic carbocycles. The summed E-state index contributed by atoms with van der Waals surface area (Å²) in [5.74, 6) is -0.699. The van der Waals surface area contributed by atoms with Crippen LogP contribution in [0.5, 0.6) is 11.5 Å². The average Bonchev–Trinajstić information content (AvgIpc) is 3.09. The molecule has 1 N–H and O–H groups in total. The van der Waals surface area contributed by atoms with Crippen LogP contribution < -0.4 is 14.4 Å². The molecular formula is C25H21NO5. The van der Waals surface area contributed by atoms with Crippen LogP contribution >= 0.6 is 0 Å². The molecule has 0 spiro atoms. The minimum Gasteiger partial charge on any atom is -0.507 e. The van der Waals surface area contributed by atoms with Crippen LogP contribution in [0.4, 0.5) is 5.69 Å². The van der Waals surface area contributed by atoms with Crippen molar-refractivity contribution >= 4 is 23.1 Å². The van der Waals surface area contributed by atoms with E-state index in [4.69, 9.17) is 9.47 Å². The highest BCUT2D eigenvalue weighted by molar-refractivity contribution is 6.51. The maximum Gasteiger partial charge on any atom is 0.300 e. The zero-order valence-corrected chi connectivity index (χ0v) is 17.1. The van der Waals surface area contributed by atoms with Crippen molar-refractivity contribution < 1.29 is 24.2 Å². The van der Waals surface area contributed by atoms with Crippen molar-refractivity contribution in [2.24, 2.45) is 0 Å². The fourth-order valence-electron chi connectivity index (χ4n) is 3.78. The highest BCUT2D eigenvalue weighted by atomic mass is 16.5. The van der Waals surface area contributed by atoms with Crippen molar-refractivity contribution in [1.82, 2.24) is 0 Å². The summed E-state index contributed by atoms with van der Waals surface area (Å²) in [4.78, 5) is 27.6. The van der Waals surface area contributed by atoms with Gasteiger partial charge in [0.2, 0.25) is 0 Å². The third-order valence-corrected chi connectivity index (χ3v) is 5.25. The Labute approximate surface area is 180 Å². The molecule has 3 aromatic rings. The Hall–Kier alpha value is -4.06. The summed E-state index contributed by atoms with van der Waals surface area (Å²) >= 11 is 0. The monoisotopic (exact) mass is 415 g/mol. The fraction of sp³-hybridized carbons (Fsp3) is 0.120. The van der Waals surface area contributed by atoms with Crippen LogP contribution in [0.2, 0.25) is 0 Å². The number of benzene rings is 3. The molecule has 1 heterocycles. The maximum absolute atomic E-state index is 13.1. The van der Waals surface area contributed by atoms with Gasteiger partial charge in [0.25, 0.3) is 11.7 Å². The van der Waals surface area contributed by atoms with Gasteiger partial charge in [-0.2, -0.15) is 0 Å². The molecule has 1 atom stereocenters. The van der Waals surface area contributed by atoms with Crippen molar-refractivity contribution in [3.05, 3.63) is 95.6 Å². The lowest BCUT2D eigenvalue weighted by molar-refractivity contribution is -0.132. The summed E-state index contributed by atoms with van der Waals surface area (Å²) < 4.78 is 10.7. The number of para-hydroxylation sites is 1. The number of hydrogen-bond acceptors (Lipinski definition) is 5. The van der Waals surface area contributed by atoms with E-state index in [1.54, 1.807) is 66.7 Å². The Kier molecular flexibility index (Phi) is 5.45. The van der Waals surface area contributed by atoms with Crippen molar-refractivity contribution in [2.45, 2.75) is 6.04 Å². The smallest absolute Gasteiger partial charge is 0.300 e. The molecule has 1 aliphatic heterocycles. The predicted molar refractivity (Wildman–Crippen MR) is 117 cm³/mol. The lowest BCUT2D eigenvalue weighted by Crippen LogP contribution is -2.29. The molecule has 6 heteroatoms. The number of Topliss-reactive ketones (excluding diaryl/α,β-unsaturated/α-hetero) is 1. The second kappa shape index (κ2) is 8.36. The number of ether oxygens (including phenoxy) is 2. The predicted octanol–water partition coefficient (Wildman–Crippen LogP) is 4.33. The Morgan fingerprint density at radius 2 is 1.45 bits per heavy atom. The molecule has 1 amide bonds. The van der Waals surface area contributed by atoms with E-state index >= 15 is 0 Å². The van der Waals surface area contributed by atoms with Gasteiger partial charge in [-0.25, -0.2) is 0 Å². The molecule has 4 rings (SSSR count). The number of nitrogens with zero attached hydrogens (tertiary/aromatic N) is 1. The first kappa shape index (κ1) is 20.2. The fourth-order valence-corrected chi connectivity index (χ4v) is 3.78. The zero-order chi connectivity index (χ0) is 22.0. The van der Waals surface area contributed by atoms with E-state index in [1.165, 1.54) is 19.1 Å². The van der Waals surface area contributed by atoms with Gasteiger partial charge in [0, 0.05) is 11.3 Å². The van der Waals surface area contributed by atoms with Gasteiger partial charge < -0.3 is 14.6 Å².